The first-order valence-electron chi connectivity index (χ1n) is 9.63. The second kappa shape index (κ2) is 8.87. The van der Waals surface area contributed by atoms with E-state index in [1.807, 2.05) is 0 Å². The molecule has 3 heterocycles. The zero-order valence-electron chi connectivity index (χ0n) is 16.2. The van der Waals surface area contributed by atoms with Gasteiger partial charge in [0.2, 0.25) is 5.28 Å². The highest BCUT2D eigenvalue weighted by molar-refractivity contribution is 6.28. The van der Waals surface area contributed by atoms with Crippen LogP contribution < -0.4 is 5.32 Å². The lowest BCUT2D eigenvalue weighted by molar-refractivity contribution is -0.127. The lowest BCUT2D eigenvalue weighted by Crippen LogP contribution is -2.17. The van der Waals surface area contributed by atoms with Gasteiger partial charge in [-0.2, -0.15) is 15.1 Å². The Kier molecular flexibility index (Phi) is 6.72. The van der Waals surface area contributed by atoms with Crippen LogP contribution in [0.1, 0.15) is 58.6 Å². The quantitative estimate of drug-likeness (QED) is 0.444. The lowest BCUT2D eigenvalue weighted by atomic mass is 10.2. The van der Waals surface area contributed by atoms with Crippen molar-refractivity contribution in [1.29, 1.82) is 0 Å². The van der Waals surface area contributed by atoms with Crippen LogP contribution in [0.5, 0.6) is 0 Å². The minimum absolute atomic E-state index is 0.0277. The first-order valence-corrected chi connectivity index (χ1v) is 10.0. The maximum atomic E-state index is 9.23. The van der Waals surface area contributed by atoms with Gasteiger partial charge in [0.25, 0.3) is 0 Å². The molecule has 10 heteroatoms. The van der Waals surface area contributed by atoms with E-state index in [0.717, 1.165) is 36.9 Å². The van der Waals surface area contributed by atoms with Gasteiger partial charge in [-0.15, -0.1) is 0 Å². The molecule has 4 rings (SSSR count). The van der Waals surface area contributed by atoms with Crippen molar-refractivity contribution in [3.63, 3.8) is 0 Å². The average Bonchev–Trinajstić information content (AvgIpc) is 3.32. The number of aliphatic hydroxyl groups is 3. The van der Waals surface area contributed by atoms with Crippen LogP contribution in [0.25, 0.3) is 11.0 Å². The topological polar surface area (TPSA) is 126 Å². The molecular formula is C18H28ClN5O4. The summed E-state index contributed by atoms with van der Waals surface area (Å²) in [5, 5.41) is 34.4. The van der Waals surface area contributed by atoms with Gasteiger partial charge in [0.1, 0.15) is 5.82 Å². The summed E-state index contributed by atoms with van der Waals surface area (Å²) in [5.74, 6) is -0.755. The van der Waals surface area contributed by atoms with E-state index in [1.54, 1.807) is 10.9 Å². The van der Waals surface area contributed by atoms with Gasteiger partial charge in [0.05, 0.1) is 24.3 Å². The molecule has 2 unspecified atom stereocenters. The summed E-state index contributed by atoms with van der Waals surface area (Å²) in [6, 6.07) is 0.439. The van der Waals surface area contributed by atoms with Crippen molar-refractivity contribution in [1.82, 2.24) is 19.7 Å². The first kappa shape index (κ1) is 21.2. The summed E-state index contributed by atoms with van der Waals surface area (Å²) in [5.41, 5.74) is 0.675. The minimum Gasteiger partial charge on any atom is -0.394 e. The normalized spacial score (nSPS) is 23.1. The smallest absolute Gasteiger partial charge is 0.226 e. The van der Waals surface area contributed by atoms with Crippen LogP contribution in [0.3, 0.4) is 0 Å². The number of anilines is 1. The van der Waals surface area contributed by atoms with E-state index >= 15 is 0 Å². The number of halogens is 1. The van der Waals surface area contributed by atoms with Crippen LogP contribution in [0.2, 0.25) is 5.28 Å². The van der Waals surface area contributed by atoms with Crippen LogP contribution in [-0.4, -0.2) is 59.6 Å². The zero-order valence-corrected chi connectivity index (χ0v) is 16.9. The van der Waals surface area contributed by atoms with Gasteiger partial charge in [0.15, 0.2) is 17.7 Å². The zero-order chi connectivity index (χ0) is 20.3. The fourth-order valence-corrected chi connectivity index (χ4v) is 3.65. The molecule has 2 aromatic rings. The van der Waals surface area contributed by atoms with Gasteiger partial charge < -0.3 is 25.4 Å². The molecule has 0 radical (unpaired) electrons. The van der Waals surface area contributed by atoms with Crippen molar-refractivity contribution < 1.29 is 20.1 Å². The fraction of sp³-hybridized carbons (Fsp3) is 0.722. The van der Waals surface area contributed by atoms with Gasteiger partial charge in [-0.1, -0.05) is 12.8 Å². The molecule has 9 nitrogen and oxygen atoms in total. The van der Waals surface area contributed by atoms with E-state index in [-0.39, 0.29) is 24.2 Å². The van der Waals surface area contributed by atoms with Gasteiger partial charge in [-0.25, -0.2) is 4.68 Å². The number of hydrogen-bond donors (Lipinski definition) is 4. The second-order valence-electron chi connectivity index (χ2n) is 7.76. The highest BCUT2D eigenvalue weighted by Gasteiger charge is 2.29. The molecule has 1 saturated carbocycles. The van der Waals surface area contributed by atoms with Crippen LogP contribution in [0.4, 0.5) is 5.82 Å². The van der Waals surface area contributed by atoms with Crippen molar-refractivity contribution in [2.75, 3.05) is 11.9 Å². The molecule has 0 spiro atoms. The Hall–Kier alpha value is -1.52. The predicted molar refractivity (Wildman–Crippen MR) is 105 cm³/mol. The third kappa shape index (κ3) is 5.51. The van der Waals surface area contributed by atoms with Gasteiger partial charge >= 0.3 is 0 Å². The Morgan fingerprint density at radius 1 is 1.21 bits per heavy atom. The summed E-state index contributed by atoms with van der Waals surface area (Å²) in [7, 11) is 0. The molecule has 156 valence electrons. The number of aliphatic hydroxyl groups excluding tert-OH is 1. The van der Waals surface area contributed by atoms with Crippen molar-refractivity contribution >= 4 is 28.5 Å². The van der Waals surface area contributed by atoms with Crippen molar-refractivity contribution in [3.05, 3.63) is 11.5 Å². The molecule has 2 fully saturated rings. The number of hydrogen-bond acceptors (Lipinski definition) is 8. The maximum Gasteiger partial charge on any atom is 0.226 e. The molecule has 0 aromatic carbocycles. The third-order valence-corrected chi connectivity index (χ3v) is 4.85. The Labute approximate surface area is 168 Å². The number of ether oxygens (including phenoxy) is 1. The maximum absolute atomic E-state index is 9.23. The Morgan fingerprint density at radius 3 is 2.50 bits per heavy atom. The Balaban J connectivity index is 0.000000403. The van der Waals surface area contributed by atoms with Gasteiger partial charge in [-0.05, 0) is 51.1 Å². The van der Waals surface area contributed by atoms with E-state index in [2.05, 4.69) is 20.4 Å². The molecule has 0 amide bonds. The van der Waals surface area contributed by atoms with E-state index in [1.165, 1.54) is 26.7 Å². The van der Waals surface area contributed by atoms with Gasteiger partial charge in [-0.3, -0.25) is 0 Å². The van der Waals surface area contributed by atoms with Gasteiger partial charge in [0, 0.05) is 6.04 Å². The molecule has 1 aliphatic heterocycles. The molecule has 2 aliphatic rings. The summed E-state index contributed by atoms with van der Waals surface area (Å²) in [4.78, 5) is 8.68. The van der Waals surface area contributed by atoms with Crippen LogP contribution in [0.15, 0.2) is 6.20 Å². The highest BCUT2D eigenvalue weighted by Crippen LogP contribution is 2.32. The Morgan fingerprint density at radius 2 is 1.89 bits per heavy atom. The van der Waals surface area contributed by atoms with Crippen molar-refractivity contribution in [2.45, 2.75) is 76.5 Å². The third-order valence-electron chi connectivity index (χ3n) is 4.68. The van der Waals surface area contributed by atoms with E-state index < -0.39 is 5.79 Å². The summed E-state index contributed by atoms with van der Waals surface area (Å²) >= 11 is 6.12. The number of aromatic nitrogens is 4. The Bertz CT molecular complexity index is 782. The highest BCUT2D eigenvalue weighted by atomic mass is 35.5. The standard InChI is InChI=1S/C15H20ClN5O2.C3H8O2/c16-15-19-13(18-9-3-1-2-4-9)11-7-17-21(14(11)20-15)12-6-5-10(8-22)23-12;1-3(2,4)5/h7,9-10,12,22H,1-6,8H2,(H,18,19,20);4-5H,1-2H3. The fourth-order valence-electron chi connectivity index (χ4n) is 3.48. The van der Waals surface area contributed by atoms with E-state index in [0.29, 0.717) is 11.7 Å². The summed E-state index contributed by atoms with van der Waals surface area (Å²) < 4.78 is 7.55. The SMILES string of the molecule is CC(C)(O)O.OCC1CCC(n2ncc3c(NC4CCCC4)nc(Cl)nc32)O1. The molecule has 4 N–H and O–H groups in total. The second-order valence-corrected chi connectivity index (χ2v) is 8.10. The van der Waals surface area contributed by atoms with Crippen LogP contribution in [-0.2, 0) is 4.74 Å². The monoisotopic (exact) mass is 413 g/mol. The van der Waals surface area contributed by atoms with E-state index in [4.69, 9.17) is 26.6 Å². The number of fused-ring (bicyclic) bond motifs is 1. The van der Waals surface area contributed by atoms with Crippen molar-refractivity contribution in [3.8, 4) is 0 Å². The number of rotatable bonds is 4. The predicted octanol–water partition coefficient (Wildman–Crippen LogP) is 2.21. The molecular weight excluding hydrogens is 386 g/mol. The number of nitrogens with one attached hydrogen (secondary N) is 1. The minimum atomic E-state index is -1.50. The molecule has 0 bridgehead atoms. The van der Waals surface area contributed by atoms with Crippen molar-refractivity contribution in [2.24, 2.45) is 0 Å². The molecule has 1 saturated heterocycles. The van der Waals surface area contributed by atoms with E-state index in [9.17, 15) is 5.11 Å². The summed E-state index contributed by atoms with van der Waals surface area (Å²) in [6.45, 7) is 2.62. The first-order chi connectivity index (χ1) is 13.2. The summed E-state index contributed by atoms with van der Waals surface area (Å²) in [6.07, 6.45) is 7.83. The molecule has 2 aromatic heterocycles. The lowest BCUT2D eigenvalue weighted by Gasteiger charge is -2.15. The van der Waals surface area contributed by atoms with Crippen LogP contribution >= 0.6 is 11.6 Å². The molecule has 1 aliphatic carbocycles. The largest absolute Gasteiger partial charge is 0.394 e. The van der Waals surface area contributed by atoms with Crippen LogP contribution in [0, 0.1) is 0 Å². The molecule has 28 heavy (non-hydrogen) atoms. The number of nitrogens with zero attached hydrogens (tertiary/aromatic N) is 4. The average molecular weight is 414 g/mol. The molecule has 2 atom stereocenters.